The first kappa shape index (κ1) is 28.3. The van der Waals surface area contributed by atoms with Crippen molar-refractivity contribution in [1.82, 2.24) is 4.98 Å². The zero-order valence-electron chi connectivity index (χ0n) is 23.0. The molecule has 0 atom stereocenters. The molecule has 0 amide bonds. The van der Waals surface area contributed by atoms with E-state index in [0.717, 1.165) is 39.6 Å². The molecule has 0 aliphatic rings. The van der Waals surface area contributed by atoms with E-state index in [0.29, 0.717) is 44.0 Å². The minimum atomic E-state index is -0.188. The Labute approximate surface area is 234 Å². The number of carbonyl (C=O) groups excluding carboxylic acids is 1. The maximum absolute atomic E-state index is 11.8. The predicted octanol–water partition coefficient (Wildman–Crippen LogP) is 7.12. The van der Waals surface area contributed by atoms with Gasteiger partial charge in [-0.1, -0.05) is 30.3 Å². The van der Waals surface area contributed by atoms with E-state index in [2.05, 4.69) is 16.4 Å². The minimum absolute atomic E-state index is 0.188. The number of allylic oxidation sites excluding steroid dienone is 1. The van der Waals surface area contributed by atoms with E-state index in [1.165, 1.54) is 6.39 Å². The molecule has 3 aromatic carbocycles. The van der Waals surface area contributed by atoms with Crippen LogP contribution in [0.15, 0.2) is 89.8 Å². The van der Waals surface area contributed by atoms with Crippen molar-refractivity contribution in [3.8, 4) is 28.6 Å². The zero-order chi connectivity index (χ0) is 28.2. The first-order valence-electron chi connectivity index (χ1n) is 13.2. The third-order valence-electron chi connectivity index (χ3n) is 6.13. The largest absolute Gasteiger partial charge is 0.497 e. The van der Waals surface area contributed by atoms with Crippen LogP contribution in [0.5, 0.6) is 17.2 Å². The Morgan fingerprint density at radius 1 is 1.00 bits per heavy atom. The molecule has 1 aromatic heterocycles. The van der Waals surface area contributed by atoms with Crippen LogP contribution in [0.2, 0.25) is 0 Å². The van der Waals surface area contributed by atoms with Gasteiger partial charge in [0.05, 0.1) is 32.6 Å². The van der Waals surface area contributed by atoms with E-state index in [1.807, 2.05) is 73.7 Å². The number of rotatable bonds is 14. The lowest BCUT2D eigenvalue weighted by atomic mass is 10.1. The average Bonchev–Trinajstić information content (AvgIpc) is 3.53. The summed E-state index contributed by atoms with van der Waals surface area (Å²) < 4.78 is 27.5. The van der Waals surface area contributed by atoms with Gasteiger partial charge in [-0.15, -0.1) is 0 Å². The minimum Gasteiger partial charge on any atom is -0.497 e. The highest BCUT2D eigenvalue weighted by atomic mass is 16.5. The molecule has 1 N–H and O–H groups in total. The molecule has 0 unspecified atom stereocenters. The van der Waals surface area contributed by atoms with E-state index >= 15 is 0 Å². The highest BCUT2D eigenvalue weighted by Crippen LogP contribution is 2.34. The second kappa shape index (κ2) is 14.4. The number of nitrogens with one attached hydrogen (secondary N) is 1. The van der Waals surface area contributed by atoms with Gasteiger partial charge in [0.15, 0.2) is 12.2 Å². The third kappa shape index (κ3) is 7.89. The number of oxazole rings is 1. The van der Waals surface area contributed by atoms with Gasteiger partial charge >= 0.3 is 5.97 Å². The van der Waals surface area contributed by atoms with Crippen molar-refractivity contribution in [1.29, 1.82) is 0 Å². The van der Waals surface area contributed by atoms with Gasteiger partial charge in [0.1, 0.15) is 23.9 Å². The van der Waals surface area contributed by atoms with Crippen molar-refractivity contribution in [2.45, 2.75) is 32.8 Å². The normalized spacial score (nSPS) is 11.1. The maximum Gasteiger partial charge on any atom is 0.305 e. The molecule has 0 radical (unpaired) electrons. The third-order valence-corrected chi connectivity index (χ3v) is 6.13. The molecular formula is C32H34N2O6. The molecular weight excluding hydrogens is 508 g/mol. The fourth-order valence-electron chi connectivity index (χ4n) is 4.09. The zero-order valence-corrected chi connectivity index (χ0v) is 23.0. The summed E-state index contributed by atoms with van der Waals surface area (Å²) in [6.07, 6.45) is 6.84. The van der Waals surface area contributed by atoms with E-state index in [1.54, 1.807) is 20.4 Å². The first-order valence-corrected chi connectivity index (χ1v) is 13.2. The molecule has 0 bridgehead atoms. The van der Waals surface area contributed by atoms with Gasteiger partial charge in [0.2, 0.25) is 0 Å². The van der Waals surface area contributed by atoms with Crippen LogP contribution in [0.3, 0.4) is 0 Å². The topological polar surface area (TPSA) is 92.1 Å². The Morgan fingerprint density at radius 2 is 1.85 bits per heavy atom. The van der Waals surface area contributed by atoms with Crippen LogP contribution in [0.4, 0.5) is 5.69 Å². The lowest BCUT2D eigenvalue weighted by Gasteiger charge is -2.15. The number of benzene rings is 3. The van der Waals surface area contributed by atoms with E-state index < -0.39 is 0 Å². The predicted molar refractivity (Wildman–Crippen MR) is 154 cm³/mol. The molecule has 0 aliphatic carbocycles. The number of hydrogen-bond acceptors (Lipinski definition) is 8. The second-order valence-corrected chi connectivity index (χ2v) is 8.89. The van der Waals surface area contributed by atoms with Crippen LogP contribution >= 0.6 is 0 Å². The van der Waals surface area contributed by atoms with Gasteiger partial charge in [0, 0.05) is 29.4 Å². The van der Waals surface area contributed by atoms with E-state index in [9.17, 15) is 4.79 Å². The summed E-state index contributed by atoms with van der Waals surface area (Å²) in [5, 5.41) is 3.52. The summed E-state index contributed by atoms with van der Waals surface area (Å²) in [6.45, 7) is 2.63. The van der Waals surface area contributed by atoms with Gasteiger partial charge < -0.3 is 28.7 Å². The summed E-state index contributed by atoms with van der Waals surface area (Å²) in [7, 11) is 3.27. The number of hydrogen-bond donors (Lipinski definition) is 1. The smallest absolute Gasteiger partial charge is 0.305 e. The molecule has 0 fully saturated rings. The lowest BCUT2D eigenvalue weighted by molar-refractivity contribution is -0.143. The van der Waals surface area contributed by atoms with Crippen molar-refractivity contribution >= 4 is 17.4 Å². The molecule has 0 spiro atoms. The first-order chi connectivity index (χ1) is 19.6. The monoisotopic (exact) mass is 542 g/mol. The van der Waals surface area contributed by atoms with Gasteiger partial charge in [-0.3, -0.25) is 4.79 Å². The molecule has 4 rings (SSSR count). The molecule has 1 heterocycles. The van der Waals surface area contributed by atoms with Crippen LogP contribution in [0, 0.1) is 0 Å². The maximum atomic E-state index is 11.8. The van der Waals surface area contributed by atoms with E-state index in [-0.39, 0.29) is 5.97 Å². The van der Waals surface area contributed by atoms with Crippen molar-refractivity contribution in [3.63, 3.8) is 0 Å². The number of anilines is 1. The standard InChI is InChI=1S/C32H34N2O6/c1-4-38-32(35)11-6-5-10-29(34-25-14-17-28(30(19-25)37-3)31-20-33-22-40-31)24-8-7-9-27(18-24)39-21-23-12-15-26(36-2)16-13-23/h7-10,12-20,22,34H,4-6,11,21H2,1-3H3/b29-10+. The van der Waals surface area contributed by atoms with Crippen LogP contribution < -0.4 is 19.5 Å². The van der Waals surface area contributed by atoms with Crippen molar-refractivity contribution in [3.05, 3.63) is 96.5 Å². The fraction of sp³-hybridized carbons (Fsp3) is 0.250. The number of methoxy groups -OCH3 is 2. The lowest BCUT2D eigenvalue weighted by Crippen LogP contribution is -2.04. The molecule has 0 saturated carbocycles. The SMILES string of the molecule is CCOC(=O)CCC/C=C(/Nc1ccc(-c2cnco2)c(OC)c1)c1cccc(OCc2ccc(OC)cc2)c1. The molecule has 0 saturated heterocycles. The molecule has 0 aliphatic heterocycles. The Hall–Kier alpha value is -4.72. The quantitative estimate of drug-likeness (QED) is 0.133. The highest BCUT2D eigenvalue weighted by molar-refractivity contribution is 5.80. The van der Waals surface area contributed by atoms with Gasteiger partial charge in [-0.25, -0.2) is 4.98 Å². The number of nitrogens with zero attached hydrogens (tertiary/aromatic N) is 1. The summed E-state index contributed by atoms with van der Waals surface area (Å²) in [4.78, 5) is 15.8. The average molecular weight is 543 g/mol. The van der Waals surface area contributed by atoms with Crippen molar-refractivity contribution in [2.24, 2.45) is 0 Å². The van der Waals surface area contributed by atoms with Gasteiger partial charge in [-0.2, -0.15) is 0 Å². The Bertz CT molecular complexity index is 1400. The summed E-state index contributed by atoms with van der Waals surface area (Å²) in [5.41, 5.74) is 4.51. The molecule has 4 aromatic rings. The molecule has 8 nitrogen and oxygen atoms in total. The number of esters is 1. The van der Waals surface area contributed by atoms with Crippen LogP contribution in [0.25, 0.3) is 17.0 Å². The summed E-state index contributed by atoms with van der Waals surface area (Å²) in [6, 6.07) is 21.5. The molecule has 8 heteroatoms. The molecule has 208 valence electrons. The van der Waals surface area contributed by atoms with Crippen LogP contribution in [-0.4, -0.2) is 31.8 Å². The second-order valence-electron chi connectivity index (χ2n) is 8.89. The fourth-order valence-corrected chi connectivity index (χ4v) is 4.09. The molecule has 40 heavy (non-hydrogen) atoms. The number of aromatic nitrogens is 1. The van der Waals surface area contributed by atoms with Crippen molar-refractivity contribution in [2.75, 3.05) is 26.1 Å². The Kier molecular flexibility index (Phi) is 10.2. The summed E-state index contributed by atoms with van der Waals surface area (Å²) >= 11 is 0. The van der Waals surface area contributed by atoms with Crippen LogP contribution in [0.1, 0.15) is 37.3 Å². The number of ether oxygens (including phenoxy) is 4. The summed E-state index contributed by atoms with van der Waals surface area (Å²) in [5.74, 6) is 2.64. The van der Waals surface area contributed by atoms with Gasteiger partial charge in [-0.05, 0) is 61.7 Å². The number of unbranched alkanes of at least 4 members (excludes halogenated alkanes) is 1. The Morgan fingerprint density at radius 3 is 2.58 bits per heavy atom. The Balaban J connectivity index is 1.53. The van der Waals surface area contributed by atoms with E-state index in [4.69, 9.17) is 23.4 Å². The van der Waals surface area contributed by atoms with Gasteiger partial charge in [0.25, 0.3) is 0 Å². The van der Waals surface area contributed by atoms with Crippen molar-refractivity contribution < 1.29 is 28.2 Å². The number of carbonyl (C=O) groups is 1. The van der Waals surface area contributed by atoms with Crippen LogP contribution in [-0.2, 0) is 16.1 Å². The highest BCUT2D eigenvalue weighted by Gasteiger charge is 2.12.